The van der Waals surface area contributed by atoms with Crippen molar-refractivity contribution in [3.05, 3.63) is 12.2 Å². The molecule has 96 valence electrons. The number of hydrogen-bond acceptors (Lipinski definition) is 3. The van der Waals surface area contributed by atoms with Gasteiger partial charge in [0.2, 0.25) is 0 Å². The van der Waals surface area contributed by atoms with Crippen LogP contribution in [-0.2, 0) is 9.59 Å². The maximum absolute atomic E-state index is 11.6. The Morgan fingerprint density at radius 2 is 1.94 bits per heavy atom. The molecule has 0 N–H and O–H groups in total. The summed E-state index contributed by atoms with van der Waals surface area (Å²) in [4.78, 5) is 23.1. The smallest absolute Gasteiger partial charge is 0.189 e. The largest absolute Gasteiger partial charge is 0.299 e. The summed E-state index contributed by atoms with van der Waals surface area (Å²) in [6.07, 6.45) is 10.9. The first-order valence-electron chi connectivity index (χ1n) is 6.51. The highest BCUT2D eigenvalue weighted by molar-refractivity contribution is 8.14. The third-order valence-electron chi connectivity index (χ3n) is 2.96. The minimum atomic E-state index is 0.173. The molecule has 0 aromatic heterocycles. The van der Waals surface area contributed by atoms with Crippen molar-refractivity contribution < 1.29 is 9.59 Å². The van der Waals surface area contributed by atoms with Crippen LogP contribution in [0, 0.1) is 5.92 Å². The summed E-state index contributed by atoms with van der Waals surface area (Å²) in [6.45, 7) is 2.12. The monoisotopic (exact) mass is 254 g/mol. The van der Waals surface area contributed by atoms with Gasteiger partial charge in [0.15, 0.2) is 5.12 Å². The predicted molar refractivity (Wildman–Crippen MR) is 73.1 cm³/mol. The molecule has 0 radical (unpaired) electrons. The van der Waals surface area contributed by atoms with E-state index in [1.165, 1.54) is 11.8 Å². The van der Waals surface area contributed by atoms with Gasteiger partial charge in [0.1, 0.15) is 5.78 Å². The van der Waals surface area contributed by atoms with Crippen LogP contribution in [0.25, 0.3) is 0 Å². The molecule has 0 aliphatic carbocycles. The Labute approximate surface area is 108 Å². The van der Waals surface area contributed by atoms with Crippen molar-refractivity contribution >= 4 is 22.7 Å². The Hall–Kier alpha value is -0.570. The van der Waals surface area contributed by atoms with Crippen molar-refractivity contribution in [3.8, 4) is 0 Å². The van der Waals surface area contributed by atoms with Crippen molar-refractivity contribution in [1.29, 1.82) is 0 Å². The Bertz CT molecular complexity index is 284. The molecule has 0 aromatic carbocycles. The van der Waals surface area contributed by atoms with Gasteiger partial charge in [0.05, 0.1) is 5.75 Å². The van der Waals surface area contributed by atoms with Crippen molar-refractivity contribution in [2.24, 2.45) is 5.92 Å². The van der Waals surface area contributed by atoms with Crippen LogP contribution in [0.5, 0.6) is 0 Å². The summed E-state index contributed by atoms with van der Waals surface area (Å²) in [5.74, 6) is 1.03. The highest BCUT2D eigenvalue weighted by Crippen LogP contribution is 2.16. The van der Waals surface area contributed by atoms with Gasteiger partial charge in [-0.05, 0) is 38.0 Å². The fourth-order valence-electron chi connectivity index (χ4n) is 1.93. The van der Waals surface area contributed by atoms with E-state index in [4.69, 9.17) is 0 Å². The first-order chi connectivity index (χ1) is 8.18. The minimum absolute atomic E-state index is 0.173. The Morgan fingerprint density at radius 3 is 2.76 bits per heavy atom. The average Bonchev–Trinajstić information content (AvgIpc) is 2.29. The van der Waals surface area contributed by atoms with E-state index in [9.17, 15) is 9.59 Å². The van der Waals surface area contributed by atoms with E-state index in [1.807, 2.05) is 0 Å². The molecule has 1 unspecified atom stereocenters. The molecule has 0 bridgehead atoms. The first-order valence-corrected chi connectivity index (χ1v) is 7.49. The van der Waals surface area contributed by atoms with Gasteiger partial charge in [-0.3, -0.25) is 9.59 Å². The molecule has 0 spiro atoms. The number of hydrogen-bond donors (Lipinski definition) is 0. The van der Waals surface area contributed by atoms with Gasteiger partial charge in [0, 0.05) is 12.8 Å². The van der Waals surface area contributed by atoms with E-state index >= 15 is 0 Å². The molecule has 1 aliphatic heterocycles. The van der Waals surface area contributed by atoms with Crippen LogP contribution >= 0.6 is 11.8 Å². The lowest BCUT2D eigenvalue weighted by molar-refractivity contribution is -0.117. The topological polar surface area (TPSA) is 34.1 Å². The molecular weight excluding hydrogens is 232 g/mol. The summed E-state index contributed by atoms with van der Waals surface area (Å²) in [6, 6.07) is 0. The molecule has 0 saturated heterocycles. The zero-order valence-corrected chi connectivity index (χ0v) is 11.4. The lowest BCUT2D eigenvalue weighted by Crippen LogP contribution is -2.09. The third kappa shape index (κ3) is 7.37. The normalized spacial score (nSPS) is 27.5. The van der Waals surface area contributed by atoms with Gasteiger partial charge in [0.25, 0.3) is 0 Å². The molecule has 2 nitrogen and oxygen atoms in total. The highest BCUT2D eigenvalue weighted by Gasteiger charge is 2.11. The van der Waals surface area contributed by atoms with E-state index in [0.29, 0.717) is 24.5 Å². The van der Waals surface area contributed by atoms with E-state index in [1.54, 1.807) is 0 Å². The number of rotatable bonds is 0. The lowest BCUT2D eigenvalue weighted by Gasteiger charge is -2.09. The van der Waals surface area contributed by atoms with Gasteiger partial charge in [-0.2, -0.15) is 0 Å². The summed E-state index contributed by atoms with van der Waals surface area (Å²) in [5.41, 5.74) is 0. The molecule has 17 heavy (non-hydrogen) atoms. The van der Waals surface area contributed by atoms with Crippen LogP contribution in [0.15, 0.2) is 12.2 Å². The number of carbonyl (C=O) groups is 2. The molecule has 1 atom stereocenters. The SMILES string of the molecule is CC1CC/C=C\CCCCC(=O)SCC(=O)C1. The lowest BCUT2D eigenvalue weighted by atomic mass is 9.99. The third-order valence-corrected chi connectivity index (χ3v) is 3.96. The van der Waals surface area contributed by atoms with Crippen molar-refractivity contribution in [2.75, 3.05) is 5.75 Å². The number of carbonyl (C=O) groups excluding carboxylic acids is 2. The predicted octanol–water partition coefficient (Wildman–Crippen LogP) is 3.75. The van der Waals surface area contributed by atoms with E-state index in [2.05, 4.69) is 19.1 Å². The number of ketones is 1. The molecule has 0 aromatic rings. The average molecular weight is 254 g/mol. The number of Topliss-reactive ketones (excluding diaryl/α,β-unsaturated/α-hetero) is 1. The molecule has 1 rings (SSSR count). The highest BCUT2D eigenvalue weighted by atomic mass is 32.2. The summed E-state index contributed by atoms with van der Waals surface area (Å²) in [5, 5.41) is 0.173. The molecule has 3 heteroatoms. The second kappa shape index (κ2) is 8.51. The Kier molecular flexibility index (Phi) is 7.25. The Balaban J connectivity index is 2.43. The van der Waals surface area contributed by atoms with Gasteiger partial charge >= 0.3 is 0 Å². The van der Waals surface area contributed by atoms with Gasteiger partial charge < -0.3 is 0 Å². The van der Waals surface area contributed by atoms with Gasteiger partial charge in [-0.25, -0.2) is 0 Å². The molecule has 1 aliphatic rings. The fraction of sp³-hybridized carbons (Fsp3) is 0.714. The second-order valence-corrected chi connectivity index (χ2v) is 5.84. The summed E-state index contributed by atoms with van der Waals surface area (Å²) in [7, 11) is 0. The zero-order valence-electron chi connectivity index (χ0n) is 10.6. The van der Waals surface area contributed by atoms with E-state index in [-0.39, 0.29) is 10.9 Å². The van der Waals surface area contributed by atoms with Gasteiger partial charge in [-0.1, -0.05) is 30.8 Å². The number of thioether (sulfide) groups is 1. The molecular formula is C14H22O2S. The second-order valence-electron chi connectivity index (χ2n) is 4.80. The number of allylic oxidation sites excluding steroid dienone is 2. The minimum Gasteiger partial charge on any atom is -0.299 e. The van der Waals surface area contributed by atoms with E-state index < -0.39 is 0 Å². The quantitative estimate of drug-likeness (QED) is 0.617. The molecule has 0 saturated carbocycles. The van der Waals surface area contributed by atoms with Crippen molar-refractivity contribution in [2.45, 2.75) is 51.9 Å². The Morgan fingerprint density at radius 1 is 1.18 bits per heavy atom. The molecule has 0 fully saturated rings. The maximum Gasteiger partial charge on any atom is 0.189 e. The van der Waals surface area contributed by atoms with Crippen LogP contribution in [0.2, 0.25) is 0 Å². The van der Waals surface area contributed by atoms with Crippen LogP contribution in [0.3, 0.4) is 0 Å². The zero-order chi connectivity index (χ0) is 12.5. The molecule has 0 amide bonds. The van der Waals surface area contributed by atoms with Crippen LogP contribution < -0.4 is 0 Å². The van der Waals surface area contributed by atoms with Crippen LogP contribution in [0.4, 0.5) is 0 Å². The fourth-order valence-corrected chi connectivity index (χ4v) is 2.66. The molecule has 1 heterocycles. The van der Waals surface area contributed by atoms with E-state index in [0.717, 1.165) is 32.1 Å². The maximum atomic E-state index is 11.6. The summed E-state index contributed by atoms with van der Waals surface area (Å²) >= 11 is 1.21. The standard InChI is InChI=1S/C14H22O2S/c1-12-8-6-4-2-3-5-7-9-14(16)17-11-13(15)10-12/h2,4,12H,3,5-11H2,1H3/b4-2-. The van der Waals surface area contributed by atoms with Crippen LogP contribution in [-0.4, -0.2) is 16.7 Å². The van der Waals surface area contributed by atoms with Crippen molar-refractivity contribution in [1.82, 2.24) is 0 Å². The van der Waals surface area contributed by atoms with Crippen LogP contribution in [0.1, 0.15) is 51.9 Å². The van der Waals surface area contributed by atoms with Crippen molar-refractivity contribution in [3.63, 3.8) is 0 Å². The van der Waals surface area contributed by atoms with Gasteiger partial charge in [-0.15, -0.1) is 0 Å². The summed E-state index contributed by atoms with van der Waals surface area (Å²) < 4.78 is 0. The first kappa shape index (κ1) is 14.5.